The summed E-state index contributed by atoms with van der Waals surface area (Å²) in [4.78, 5) is 12.1. The Bertz CT molecular complexity index is 700. The Kier molecular flexibility index (Phi) is 5.19. The van der Waals surface area contributed by atoms with Gasteiger partial charge in [-0.1, -0.05) is 18.2 Å². The lowest BCUT2D eigenvalue weighted by Crippen LogP contribution is -2.07. The average Bonchev–Trinajstić information content (AvgIpc) is 2.81. The van der Waals surface area contributed by atoms with Crippen molar-refractivity contribution in [3.8, 4) is 0 Å². The van der Waals surface area contributed by atoms with Crippen molar-refractivity contribution >= 4 is 21.4 Å². The van der Waals surface area contributed by atoms with Crippen molar-refractivity contribution in [3.05, 3.63) is 35.9 Å². The maximum atomic E-state index is 13.3. The molecule has 0 saturated heterocycles. The van der Waals surface area contributed by atoms with E-state index in [0.717, 1.165) is 6.26 Å². The van der Waals surface area contributed by atoms with Crippen LogP contribution in [0.5, 0.6) is 0 Å². The van der Waals surface area contributed by atoms with Crippen molar-refractivity contribution in [3.63, 3.8) is 0 Å². The van der Waals surface area contributed by atoms with Crippen LogP contribution in [0.15, 0.2) is 35.2 Å². The van der Waals surface area contributed by atoms with Gasteiger partial charge in [-0.15, -0.1) is 0 Å². The highest BCUT2D eigenvalue weighted by Gasteiger charge is 2.34. The number of carbonyl (C=O) groups is 1. The third kappa shape index (κ3) is 4.16. The molecular formula is C16H18F2O4S. The van der Waals surface area contributed by atoms with Crippen LogP contribution in [0.1, 0.15) is 18.4 Å². The standard InChI is InChI=1S/C16H18F2O4S/c1-22-16(19)13(7-10-8-14(17)15(18)9-10)11-3-5-12(6-4-11)23(2,20)21/h3-7,10,14-15H,8-9H2,1-2H3/b13-7+/t10-,14+,15-. The Morgan fingerprint density at radius 1 is 1.17 bits per heavy atom. The summed E-state index contributed by atoms with van der Waals surface area (Å²) in [5.41, 5.74) is 0.626. The molecule has 1 fully saturated rings. The first kappa shape index (κ1) is 17.6. The van der Waals surface area contributed by atoms with Crippen LogP contribution in [-0.2, 0) is 19.4 Å². The molecule has 0 unspecified atom stereocenters. The Labute approximate surface area is 134 Å². The summed E-state index contributed by atoms with van der Waals surface area (Å²) < 4.78 is 54.2. The fourth-order valence-corrected chi connectivity index (χ4v) is 3.25. The predicted molar refractivity (Wildman–Crippen MR) is 82.1 cm³/mol. The van der Waals surface area contributed by atoms with E-state index < -0.39 is 34.1 Å². The summed E-state index contributed by atoms with van der Waals surface area (Å²) >= 11 is 0. The second-order valence-electron chi connectivity index (χ2n) is 5.63. The van der Waals surface area contributed by atoms with Crippen molar-refractivity contribution in [1.82, 2.24) is 0 Å². The molecule has 1 aromatic rings. The molecule has 3 atom stereocenters. The van der Waals surface area contributed by atoms with Crippen LogP contribution >= 0.6 is 0 Å². The summed E-state index contributed by atoms with van der Waals surface area (Å²) in [6, 6.07) is 5.72. The van der Waals surface area contributed by atoms with Gasteiger partial charge in [0.1, 0.15) is 12.3 Å². The van der Waals surface area contributed by atoms with Crippen molar-refractivity contribution < 1.29 is 26.7 Å². The molecule has 23 heavy (non-hydrogen) atoms. The van der Waals surface area contributed by atoms with E-state index in [0.29, 0.717) is 5.56 Å². The molecule has 1 aliphatic carbocycles. The summed E-state index contributed by atoms with van der Waals surface area (Å²) in [7, 11) is -2.13. The largest absolute Gasteiger partial charge is 0.465 e. The number of esters is 1. The number of methoxy groups -OCH3 is 1. The first-order valence-electron chi connectivity index (χ1n) is 7.11. The SMILES string of the molecule is COC(=O)/C(=C/[C@H]1C[C@@H](F)[C@@H](F)C1)c1ccc(S(C)(=O)=O)cc1. The highest BCUT2D eigenvalue weighted by atomic mass is 32.2. The molecule has 1 aliphatic rings. The minimum absolute atomic E-state index is 0.0169. The number of allylic oxidation sites excluding steroid dienone is 1. The van der Waals surface area contributed by atoms with Crippen molar-refractivity contribution in [2.24, 2.45) is 5.92 Å². The van der Waals surface area contributed by atoms with Crippen LogP contribution in [-0.4, -0.2) is 40.1 Å². The highest BCUT2D eigenvalue weighted by Crippen LogP contribution is 2.34. The molecule has 0 N–H and O–H groups in total. The Morgan fingerprint density at radius 2 is 1.70 bits per heavy atom. The lowest BCUT2D eigenvalue weighted by atomic mass is 9.98. The molecule has 0 spiro atoms. The molecule has 2 rings (SSSR count). The van der Waals surface area contributed by atoms with E-state index in [1.807, 2.05) is 0 Å². The van der Waals surface area contributed by atoms with Crippen LogP contribution in [0.2, 0.25) is 0 Å². The van der Waals surface area contributed by atoms with Crippen LogP contribution in [0.25, 0.3) is 5.57 Å². The van der Waals surface area contributed by atoms with Gasteiger partial charge in [-0.05, 0) is 36.5 Å². The number of halogens is 2. The van der Waals surface area contributed by atoms with Gasteiger partial charge in [-0.3, -0.25) is 0 Å². The average molecular weight is 344 g/mol. The second-order valence-corrected chi connectivity index (χ2v) is 7.65. The van der Waals surface area contributed by atoms with Crippen LogP contribution < -0.4 is 0 Å². The fourth-order valence-electron chi connectivity index (χ4n) is 2.62. The number of rotatable bonds is 4. The van der Waals surface area contributed by atoms with Crippen LogP contribution in [0.4, 0.5) is 8.78 Å². The van der Waals surface area contributed by atoms with Crippen molar-refractivity contribution in [1.29, 1.82) is 0 Å². The van der Waals surface area contributed by atoms with Gasteiger partial charge >= 0.3 is 5.97 Å². The van der Waals surface area contributed by atoms with Gasteiger partial charge in [0.15, 0.2) is 9.84 Å². The molecule has 0 radical (unpaired) electrons. The first-order chi connectivity index (χ1) is 10.7. The number of benzene rings is 1. The topological polar surface area (TPSA) is 60.4 Å². The zero-order valence-corrected chi connectivity index (χ0v) is 13.6. The lowest BCUT2D eigenvalue weighted by Gasteiger charge is -2.10. The Hall–Kier alpha value is -1.76. The molecule has 0 heterocycles. The third-order valence-electron chi connectivity index (χ3n) is 3.85. The molecule has 1 aromatic carbocycles. The lowest BCUT2D eigenvalue weighted by molar-refractivity contribution is -0.133. The quantitative estimate of drug-likeness (QED) is 0.622. The Morgan fingerprint density at radius 3 is 2.13 bits per heavy atom. The summed E-state index contributed by atoms with van der Waals surface area (Å²) in [6.45, 7) is 0. The van der Waals surface area contributed by atoms with E-state index in [9.17, 15) is 22.0 Å². The normalized spacial score (nSPS) is 25.4. The maximum Gasteiger partial charge on any atom is 0.338 e. The number of alkyl halides is 2. The van der Waals surface area contributed by atoms with Gasteiger partial charge in [0, 0.05) is 6.26 Å². The highest BCUT2D eigenvalue weighted by molar-refractivity contribution is 7.90. The van der Waals surface area contributed by atoms with E-state index >= 15 is 0 Å². The minimum atomic E-state index is -3.34. The van der Waals surface area contributed by atoms with Gasteiger partial charge in [0.05, 0.1) is 17.6 Å². The summed E-state index contributed by atoms with van der Waals surface area (Å²) in [6.07, 6.45) is -0.425. The molecule has 7 heteroatoms. The molecule has 4 nitrogen and oxygen atoms in total. The van der Waals surface area contributed by atoms with Crippen molar-refractivity contribution in [2.75, 3.05) is 13.4 Å². The monoisotopic (exact) mass is 344 g/mol. The molecule has 0 aliphatic heterocycles. The van der Waals surface area contributed by atoms with Gasteiger partial charge < -0.3 is 4.74 Å². The van der Waals surface area contributed by atoms with Crippen molar-refractivity contribution in [2.45, 2.75) is 30.1 Å². The van der Waals surface area contributed by atoms with Gasteiger partial charge in [0.25, 0.3) is 0 Å². The van der Waals surface area contributed by atoms with Crippen LogP contribution in [0, 0.1) is 5.92 Å². The number of ether oxygens (including phenoxy) is 1. The van der Waals surface area contributed by atoms with E-state index in [1.54, 1.807) is 0 Å². The predicted octanol–water partition coefficient (Wildman–Crippen LogP) is 2.73. The van der Waals surface area contributed by atoms with Gasteiger partial charge in [0.2, 0.25) is 0 Å². The van der Waals surface area contributed by atoms with E-state index in [2.05, 4.69) is 0 Å². The smallest absolute Gasteiger partial charge is 0.338 e. The fraction of sp³-hybridized carbons (Fsp3) is 0.438. The molecule has 1 saturated carbocycles. The summed E-state index contributed by atoms with van der Waals surface area (Å²) in [5, 5.41) is 0. The second kappa shape index (κ2) is 6.78. The van der Waals surface area contributed by atoms with E-state index in [-0.39, 0.29) is 23.3 Å². The van der Waals surface area contributed by atoms with Crippen LogP contribution in [0.3, 0.4) is 0 Å². The molecule has 0 aromatic heterocycles. The van der Waals surface area contributed by atoms with E-state index in [1.165, 1.54) is 37.5 Å². The molecule has 0 amide bonds. The summed E-state index contributed by atoms with van der Waals surface area (Å²) in [5.74, 6) is -1.03. The van der Waals surface area contributed by atoms with Gasteiger partial charge in [-0.25, -0.2) is 22.0 Å². The molecule has 0 bridgehead atoms. The number of hydrogen-bond acceptors (Lipinski definition) is 4. The Balaban J connectivity index is 2.34. The minimum Gasteiger partial charge on any atom is -0.465 e. The number of hydrogen-bond donors (Lipinski definition) is 0. The molecular weight excluding hydrogens is 326 g/mol. The third-order valence-corrected chi connectivity index (χ3v) is 4.98. The maximum absolute atomic E-state index is 13.3. The van der Waals surface area contributed by atoms with E-state index in [4.69, 9.17) is 4.74 Å². The zero-order valence-electron chi connectivity index (χ0n) is 12.8. The van der Waals surface area contributed by atoms with Gasteiger partial charge in [-0.2, -0.15) is 0 Å². The number of carbonyl (C=O) groups excluding carboxylic acids is 1. The first-order valence-corrected chi connectivity index (χ1v) is 9.00. The zero-order chi connectivity index (χ0) is 17.2. The molecule has 126 valence electrons. The number of sulfone groups is 1.